The number of hydrogen-bond acceptors (Lipinski definition) is 3. The number of nitrogens with one attached hydrogen (secondary N) is 1. The predicted octanol–water partition coefficient (Wildman–Crippen LogP) is 2.03. The molecule has 0 aliphatic rings. The van der Waals surface area contributed by atoms with Gasteiger partial charge in [0.2, 0.25) is 5.91 Å². The number of rotatable bonds is 4. The van der Waals surface area contributed by atoms with Crippen LogP contribution >= 0.6 is 0 Å². The largest absolute Gasteiger partial charge is 0.508 e. The maximum Gasteiger partial charge on any atom is 0.225 e. The highest BCUT2D eigenvalue weighted by Crippen LogP contribution is 2.22. The van der Waals surface area contributed by atoms with Crippen molar-refractivity contribution in [1.29, 1.82) is 0 Å². The third-order valence-corrected chi connectivity index (χ3v) is 3.04. The molecular formula is C13H20N2O2. The molecule has 4 heteroatoms. The second kappa shape index (κ2) is 5.08. The van der Waals surface area contributed by atoms with E-state index in [4.69, 9.17) is 5.73 Å². The van der Waals surface area contributed by atoms with Crippen molar-refractivity contribution < 1.29 is 9.90 Å². The second-order valence-corrected chi connectivity index (χ2v) is 4.81. The first kappa shape index (κ1) is 13.4. The summed E-state index contributed by atoms with van der Waals surface area (Å²) < 4.78 is 0. The molecule has 0 heterocycles. The zero-order valence-corrected chi connectivity index (χ0v) is 10.6. The molecule has 4 nitrogen and oxygen atoms in total. The molecule has 0 aliphatic carbocycles. The monoisotopic (exact) mass is 236 g/mol. The number of nitrogen functional groups attached to an aromatic ring is 1. The highest BCUT2D eigenvalue weighted by molar-refractivity contribution is 5.81. The molecule has 0 bridgehead atoms. The number of benzene rings is 1. The summed E-state index contributed by atoms with van der Waals surface area (Å²) in [6.07, 6.45) is 0.766. The quantitative estimate of drug-likeness (QED) is 0.553. The molecule has 1 rings (SSSR count). The van der Waals surface area contributed by atoms with Gasteiger partial charge < -0.3 is 16.2 Å². The van der Waals surface area contributed by atoms with Gasteiger partial charge in [-0.1, -0.05) is 20.8 Å². The molecule has 1 aromatic carbocycles. The molecule has 94 valence electrons. The van der Waals surface area contributed by atoms with Crippen LogP contribution < -0.4 is 11.1 Å². The van der Waals surface area contributed by atoms with Crippen molar-refractivity contribution in [3.63, 3.8) is 0 Å². The number of phenolic OH excluding ortho intramolecular Hbond substituents is 1. The van der Waals surface area contributed by atoms with Gasteiger partial charge in [-0.2, -0.15) is 0 Å². The highest BCUT2D eigenvalue weighted by Gasteiger charge is 2.24. The van der Waals surface area contributed by atoms with Crippen LogP contribution in [0.3, 0.4) is 0 Å². The number of nitrogens with two attached hydrogens (primary N) is 1. The summed E-state index contributed by atoms with van der Waals surface area (Å²) in [4.78, 5) is 11.8. The van der Waals surface area contributed by atoms with Gasteiger partial charge in [-0.25, -0.2) is 0 Å². The summed E-state index contributed by atoms with van der Waals surface area (Å²) in [7, 11) is 0. The van der Waals surface area contributed by atoms with E-state index < -0.39 is 5.41 Å². The molecule has 0 spiro atoms. The fraction of sp³-hybridized carbons (Fsp3) is 0.462. The van der Waals surface area contributed by atoms with E-state index in [2.05, 4.69) is 5.32 Å². The molecule has 1 amide bonds. The van der Waals surface area contributed by atoms with Crippen LogP contribution in [-0.4, -0.2) is 11.0 Å². The molecule has 4 N–H and O–H groups in total. The van der Waals surface area contributed by atoms with Crippen LogP contribution in [0.5, 0.6) is 5.75 Å². The number of phenols is 1. The maximum absolute atomic E-state index is 11.8. The van der Waals surface area contributed by atoms with Crippen LogP contribution in [0, 0.1) is 5.41 Å². The van der Waals surface area contributed by atoms with Gasteiger partial charge in [0, 0.05) is 23.2 Å². The van der Waals surface area contributed by atoms with Gasteiger partial charge in [-0.05, 0) is 24.6 Å². The minimum absolute atomic E-state index is 0.0261. The number of carbonyl (C=O) groups excluding carboxylic acids is 1. The lowest BCUT2D eigenvalue weighted by Gasteiger charge is -2.21. The highest BCUT2D eigenvalue weighted by atomic mass is 16.3. The lowest BCUT2D eigenvalue weighted by Crippen LogP contribution is -2.36. The lowest BCUT2D eigenvalue weighted by atomic mass is 9.89. The van der Waals surface area contributed by atoms with E-state index in [1.165, 1.54) is 6.07 Å². The Labute approximate surface area is 102 Å². The molecule has 0 saturated heterocycles. The smallest absolute Gasteiger partial charge is 0.225 e. The third kappa shape index (κ3) is 3.37. The minimum atomic E-state index is -0.393. The van der Waals surface area contributed by atoms with E-state index >= 15 is 0 Å². The lowest BCUT2D eigenvalue weighted by molar-refractivity contribution is -0.129. The van der Waals surface area contributed by atoms with Gasteiger partial charge in [0.05, 0.1) is 0 Å². The van der Waals surface area contributed by atoms with E-state index in [1.807, 2.05) is 20.8 Å². The number of amides is 1. The van der Waals surface area contributed by atoms with Crippen molar-refractivity contribution >= 4 is 11.6 Å². The topological polar surface area (TPSA) is 75.4 Å². The van der Waals surface area contributed by atoms with Crippen molar-refractivity contribution in [3.8, 4) is 5.75 Å². The van der Waals surface area contributed by atoms with Crippen molar-refractivity contribution in [1.82, 2.24) is 5.32 Å². The SMILES string of the molecule is CCC(C)(C)C(=O)NCc1cc(N)ccc1O. The van der Waals surface area contributed by atoms with E-state index in [0.29, 0.717) is 17.8 Å². The second-order valence-electron chi connectivity index (χ2n) is 4.81. The first-order valence-electron chi connectivity index (χ1n) is 5.72. The molecule has 0 saturated carbocycles. The van der Waals surface area contributed by atoms with Crippen molar-refractivity contribution in [2.45, 2.75) is 33.7 Å². The Morgan fingerprint density at radius 1 is 1.47 bits per heavy atom. The van der Waals surface area contributed by atoms with Gasteiger partial charge in [0.15, 0.2) is 0 Å². The average molecular weight is 236 g/mol. The molecular weight excluding hydrogens is 216 g/mol. The zero-order chi connectivity index (χ0) is 13.1. The van der Waals surface area contributed by atoms with Crippen LogP contribution in [0.2, 0.25) is 0 Å². The van der Waals surface area contributed by atoms with E-state index in [0.717, 1.165) is 6.42 Å². The third-order valence-electron chi connectivity index (χ3n) is 3.04. The van der Waals surface area contributed by atoms with Crippen LogP contribution in [0.25, 0.3) is 0 Å². The molecule has 1 aromatic rings. The van der Waals surface area contributed by atoms with Gasteiger partial charge in [-0.3, -0.25) is 4.79 Å². The summed E-state index contributed by atoms with van der Waals surface area (Å²) in [6, 6.07) is 4.81. The molecule has 0 radical (unpaired) electrons. The summed E-state index contributed by atoms with van der Waals surface area (Å²) >= 11 is 0. The molecule has 0 fully saturated rings. The van der Waals surface area contributed by atoms with Gasteiger partial charge in [-0.15, -0.1) is 0 Å². The number of hydrogen-bond donors (Lipinski definition) is 3. The predicted molar refractivity (Wildman–Crippen MR) is 68.4 cm³/mol. The first-order chi connectivity index (χ1) is 7.86. The first-order valence-corrected chi connectivity index (χ1v) is 5.72. The van der Waals surface area contributed by atoms with Crippen LogP contribution in [-0.2, 0) is 11.3 Å². The number of aromatic hydroxyl groups is 1. The number of carbonyl (C=O) groups is 1. The maximum atomic E-state index is 11.8. The molecule has 0 aliphatic heterocycles. The van der Waals surface area contributed by atoms with E-state index in [1.54, 1.807) is 12.1 Å². The van der Waals surface area contributed by atoms with Gasteiger partial charge in [0.1, 0.15) is 5.75 Å². The Hall–Kier alpha value is -1.71. The van der Waals surface area contributed by atoms with Crippen molar-refractivity contribution in [2.24, 2.45) is 5.41 Å². The Morgan fingerprint density at radius 2 is 2.12 bits per heavy atom. The Bertz CT molecular complexity index is 414. The summed E-state index contributed by atoms with van der Waals surface area (Å²) in [5.74, 6) is 0.121. The summed E-state index contributed by atoms with van der Waals surface area (Å²) in [6.45, 7) is 6.04. The van der Waals surface area contributed by atoms with Gasteiger partial charge in [0.25, 0.3) is 0 Å². The standard InChI is InChI=1S/C13H20N2O2/c1-4-13(2,3)12(17)15-8-9-7-10(14)5-6-11(9)16/h5-7,16H,4,8,14H2,1-3H3,(H,15,17). The van der Waals surface area contributed by atoms with E-state index in [9.17, 15) is 9.90 Å². The summed E-state index contributed by atoms with van der Waals surface area (Å²) in [5.41, 5.74) is 6.43. The number of anilines is 1. The van der Waals surface area contributed by atoms with Gasteiger partial charge >= 0.3 is 0 Å². The minimum Gasteiger partial charge on any atom is -0.508 e. The summed E-state index contributed by atoms with van der Waals surface area (Å²) in [5, 5.41) is 12.4. The van der Waals surface area contributed by atoms with Crippen LogP contribution in [0.1, 0.15) is 32.8 Å². The van der Waals surface area contributed by atoms with E-state index in [-0.39, 0.29) is 11.7 Å². The Kier molecular flexibility index (Phi) is 3.99. The van der Waals surface area contributed by atoms with Crippen molar-refractivity contribution in [2.75, 3.05) is 5.73 Å². The fourth-order valence-electron chi connectivity index (χ4n) is 1.32. The normalized spacial score (nSPS) is 11.2. The Balaban J connectivity index is 2.68. The van der Waals surface area contributed by atoms with Crippen LogP contribution in [0.4, 0.5) is 5.69 Å². The molecule has 0 atom stereocenters. The average Bonchev–Trinajstić information content (AvgIpc) is 2.29. The Morgan fingerprint density at radius 3 is 2.71 bits per heavy atom. The molecule has 0 aromatic heterocycles. The molecule has 0 unspecified atom stereocenters. The van der Waals surface area contributed by atoms with Crippen molar-refractivity contribution in [3.05, 3.63) is 23.8 Å². The fourth-order valence-corrected chi connectivity index (χ4v) is 1.32. The van der Waals surface area contributed by atoms with Crippen LogP contribution in [0.15, 0.2) is 18.2 Å². The zero-order valence-electron chi connectivity index (χ0n) is 10.6. The molecule has 17 heavy (non-hydrogen) atoms.